The van der Waals surface area contributed by atoms with Gasteiger partial charge in [-0.25, -0.2) is 9.97 Å². The summed E-state index contributed by atoms with van der Waals surface area (Å²) in [5.74, 6) is 1.53. The number of fused-ring (bicyclic) bond motifs is 2. The topological polar surface area (TPSA) is 37.8 Å². The first-order valence-electron chi connectivity index (χ1n) is 12.0. The van der Waals surface area contributed by atoms with E-state index in [2.05, 4.69) is 90.2 Å². The molecule has 6 rings (SSSR count). The summed E-state index contributed by atoms with van der Waals surface area (Å²) in [5, 5.41) is 8.25. The first-order chi connectivity index (χ1) is 17.3. The van der Waals surface area contributed by atoms with Gasteiger partial charge in [0.05, 0.1) is 11.4 Å². The highest BCUT2D eigenvalue weighted by Crippen LogP contribution is 2.27. The molecule has 35 heavy (non-hydrogen) atoms. The van der Waals surface area contributed by atoms with Crippen molar-refractivity contribution in [1.82, 2.24) is 9.97 Å². The van der Waals surface area contributed by atoms with E-state index in [1.54, 1.807) is 0 Å². The van der Waals surface area contributed by atoms with E-state index in [1.807, 2.05) is 50.2 Å². The Kier molecular flexibility index (Phi) is 6.49. The SMILES string of the molecule is CC.c1cc(Nc2cccc(-c3ccc4ccccc4c3)n2)nc(-c2ccc3ccccc3c2)c1. The van der Waals surface area contributed by atoms with E-state index < -0.39 is 0 Å². The molecule has 170 valence electrons. The lowest BCUT2D eigenvalue weighted by Gasteiger charge is -2.10. The van der Waals surface area contributed by atoms with Gasteiger partial charge in [-0.1, -0.05) is 98.8 Å². The Morgan fingerprint density at radius 2 is 0.857 bits per heavy atom. The van der Waals surface area contributed by atoms with Crippen LogP contribution in [0.4, 0.5) is 11.6 Å². The van der Waals surface area contributed by atoms with Crippen LogP contribution in [0.5, 0.6) is 0 Å². The lowest BCUT2D eigenvalue weighted by molar-refractivity contribution is 1.25. The minimum atomic E-state index is 0.767. The van der Waals surface area contributed by atoms with Crippen molar-refractivity contribution in [1.29, 1.82) is 0 Å². The number of anilines is 2. The summed E-state index contributed by atoms with van der Waals surface area (Å²) in [6.07, 6.45) is 0. The van der Waals surface area contributed by atoms with Crippen LogP contribution in [0, 0.1) is 0 Å². The molecule has 0 saturated heterocycles. The van der Waals surface area contributed by atoms with E-state index in [0.29, 0.717) is 0 Å². The van der Waals surface area contributed by atoms with Crippen molar-refractivity contribution < 1.29 is 0 Å². The van der Waals surface area contributed by atoms with Gasteiger partial charge in [-0.15, -0.1) is 0 Å². The number of rotatable bonds is 4. The van der Waals surface area contributed by atoms with Gasteiger partial charge in [-0.05, 0) is 57.9 Å². The van der Waals surface area contributed by atoms with Crippen LogP contribution in [0.1, 0.15) is 13.8 Å². The minimum absolute atomic E-state index is 0.767. The third-order valence-corrected chi connectivity index (χ3v) is 5.84. The van der Waals surface area contributed by atoms with Crippen molar-refractivity contribution in [2.24, 2.45) is 0 Å². The fraction of sp³-hybridized carbons (Fsp3) is 0.0625. The summed E-state index contributed by atoms with van der Waals surface area (Å²) in [7, 11) is 0. The zero-order valence-electron chi connectivity index (χ0n) is 19.9. The predicted molar refractivity (Wildman–Crippen MR) is 149 cm³/mol. The zero-order chi connectivity index (χ0) is 24.0. The van der Waals surface area contributed by atoms with Gasteiger partial charge in [0, 0.05) is 11.1 Å². The molecular formula is C32H27N3. The zero-order valence-corrected chi connectivity index (χ0v) is 19.9. The Bertz CT molecular complexity index is 1480. The standard InChI is InChI=1S/C30H21N3.C2H6/c1-3-9-23-19-25(17-15-21(23)7-1)27-11-5-13-29(31-27)33-30-14-6-12-28(32-30)26-18-16-22-8-2-4-10-24(22)20-26;1-2/h1-20H,(H,31,32,33);1-2H3. The van der Waals surface area contributed by atoms with Gasteiger partial charge in [-0.2, -0.15) is 0 Å². The summed E-state index contributed by atoms with van der Waals surface area (Å²) in [6, 6.07) is 41.7. The van der Waals surface area contributed by atoms with Crippen LogP contribution in [-0.2, 0) is 0 Å². The second-order valence-electron chi connectivity index (χ2n) is 8.06. The first-order valence-corrected chi connectivity index (χ1v) is 12.0. The average Bonchev–Trinajstić information content (AvgIpc) is 2.94. The highest BCUT2D eigenvalue weighted by Gasteiger charge is 2.06. The Balaban J connectivity index is 0.00000124. The quantitative estimate of drug-likeness (QED) is 0.290. The van der Waals surface area contributed by atoms with E-state index in [0.717, 1.165) is 34.2 Å². The lowest BCUT2D eigenvalue weighted by Crippen LogP contribution is -1.98. The van der Waals surface area contributed by atoms with E-state index in [1.165, 1.54) is 21.5 Å². The molecule has 2 aromatic heterocycles. The fourth-order valence-corrected chi connectivity index (χ4v) is 4.16. The summed E-state index contributed by atoms with van der Waals surface area (Å²) < 4.78 is 0. The summed E-state index contributed by atoms with van der Waals surface area (Å²) in [6.45, 7) is 4.00. The number of hydrogen-bond donors (Lipinski definition) is 1. The molecule has 0 aliphatic carbocycles. The van der Waals surface area contributed by atoms with Gasteiger partial charge in [0.15, 0.2) is 0 Å². The van der Waals surface area contributed by atoms with E-state index >= 15 is 0 Å². The van der Waals surface area contributed by atoms with E-state index in [9.17, 15) is 0 Å². The van der Waals surface area contributed by atoms with Crippen molar-refractivity contribution >= 4 is 33.2 Å². The van der Waals surface area contributed by atoms with E-state index in [4.69, 9.17) is 9.97 Å². The highest BCUT2D eigenvalue weighted by atomic mass is 15.1. The number of hydrogen-bond acceptors (Lipinski definition) is 3. The number of nitrogens with zero attached hydrogens (tertiary/aromatic N) is 2. The monoisotopic (exact) mass is 453 g/mol. The normalized spacial score (nSPS) is 10.6. The molecule has 0 atom stereocenters. The Labute approximate surface area is 206 Å². The summed E-state index contributed by atoms with van der Waals surface area (Å²) in [4.78, 5) is 9.67. The molecular weight excluding hydrogens is 426 g/mol. The van der Waals surface area contributed by atoms with Crippen LogP contribution >= 0.6 is 0 Å². The maximum absolute atomic E-state index is 4.84. The molecule has 6 aromatic rings. The summed E-state index contributed by atoms with van der Waals surface area (Å²) in [5.41, 5.74) is 4.04. The van der Waals surface area contributed by atoms with Crippen molar-refractivity contribution in [3.8, 4) is 22.5 Å². The number of aromatic nitrogens is 2. The first kappa shape index (κ1) is 22.3. The molecule has 0 saturated carbocycles. The van der Waals surface area contributed by atoms with Gasteiger partial charge in [0.2, 0.25) is 0 Å². The van der Waals surface area contributed by atoms with Crippen molar-refractivity contribution in [2.75, 3.05) is 5.32 Å². The maximum Gasteiger partial charge on any atom is 0.132 e. The molecule has 0 spiro atoms. The molecule has 0 amide bonds. The van der Waals surface area contributed by atoms with Gasteiger partial charge in [0.25, 0.3) is 0 Å². The molecule has 3 heteroatoms. The number of benzene rings is 4. The second-order valence-corrected chi connectivity index (χ2v) is 8.06. The van der Waals surface area contributed by atoms with Gasteiger partial charge >= 0.3 is 0 Å². The van der Waals surface area contributed by atoms with Crippen LogP contribution in [0.3, 0.4) is 0 Å². The fourth-order valence-electron chi connectivity index (χ4n) is 4.16. The van der Waals surface area contributed by atoms with Crippen LogP contribution in [0.2, 0.25) is 0 Å². The maximum atomic E-state index is 4.84. The van der Waals surface area contributed by atoms with Gasteiger partial charge < -0.3 is 5.32 Å². The van der Waals surface area contributed by atoms with Crippen LogP contribution < -0.4 is 5.32 Å². The minimum Gasteiger partial charge on any atom is -0.325 e. The molecule has 2 heterocycles. The molecule has 0 radical (unpaired) electrons. The predicted octanol–water partition coefficient (Wildman–Crippen LogP) is 8.89. The van der Waals surface area contributed by atoms with Crippen molar-refractivity contribution in [2.45, 2.75) is 13.8 Å². The molecule has 1 N–H and O–H groups in total. The van der Waals surface area contributed by atoms with Gasteiger partial charge in [-0.3, -0.25) is 0 Å². The Morgan fingerprint density at radius 1 is 0.429 bits per heavy atom. The van der Waals surface area contributed by atoms with Crippen LogP contribution in [0.15, 0.2) is 121 Å². The van der Waals surface area contributed by atoms with Crippen LogP contribution in [0.25, 0.3) is 44.1 Å². The molecule has 0 bridgehead atoms. The molecule has 0 unspecified atom stereocenters. The van der Waals surface area contributed by atoms with Crippen molar-refractivity contribution in [3.63, 3.8) is 0 Å². The second kappa shape index (κ2) is 10.2. The largest absolute Gasteiger partial charge is 0.325 e. The third-order valence-electron chi connectivity index (χ3n) is 5.84. The molecule has 0 fully saturated rings. The molecule has 3 nitrogen and oxygen atoms in total. The Hall–Kier alpha value is -4.50. The molecule has 0 aliphatic rings. The number of nitrogens with one attached hydrogen (secondary N) is 1. The number of pyridine rings is 2. The smallest absolute Gasteiger partial charge is 0.132 e. The summed E-state index contributed by atoms with van der Waals surface area (Å²) >= 11 is 0. The highest BCUT2D eigenvalue weighted by molar-refractivity contribution is 5.88. The lowest BCUT2D eigenvalue weighted by atomic mass is 10.0. The van der Waals surface area contributed by atoms with Crippen LogP contribution in [-0.4, -0.2) is 9.97 Å². The van der Waals surface area contributed by atoms with Crippen molar-refractivity contribution in [3.05, 3.63) is 121 Å². The van der Waals surface area contributed by atoms with E-state index in [-0.39, 0.29) is 0 Å². The molecule has 0 aliphatic heterocycles. The molecule has 4 aromatic carbocycles. The average molecular weight is 454 g/mol. The van der Waals surface area contributed by atoms with Gasteiger partial charge in [0.1, 0.15) is 11.6 Å². The Morgan fingerprint density at radius 3 is 1.31 bits per heavy atom. The third kappa shape index (κ3) is 4.90.